The van der Waals surface area contributed by atoms with Crippen LogP contribution in [0.25, 0.3) is 10.8 Å². The minimum absolute atomic E-state index is 0.0233. The molecule has 0 radical (unpaired) electrons. The minimum atomic E-state index is -0.719. The third-order valence-corrected chi connectivity index (χ3v) is 4.52. The zero-order chi connectivity index (χ0) is 20.4. The number of amides is 1. The van der Waals surface area contributed by atoms with E-state index in [1.807, 2.05) is 41.2 Å². The molecule has 4 aromatic rings. The molecule has 0 atom stereocenters. The van der Waals surface area contributed by atoms with Gasteiger partial charge in [0, 0.05) is 29.6 Å². The van der Waals surface area contributed by atoms with Gasteiger partial charge in [0.05, 0.1) is 6.54 Å². The van der Waals surface area contributed by atoms with Crippen LogP contribution >= 0.6 is 0 Å². The average Bonchev–Trinajstić information content (AvgIpc) is 3.10. The van der Waals surface area contributed by atoms with E-state index < -0.39 is 11.7 Å². The molecule has 7 heteroatoms. The number of hydrogen-bond donors (Lipinski definition) is 1. The van der Waals surface area contributed by atoms with Crippen molar-refractivity contribution in [3.63, 3.8) is 0 Å². The van der Waals surface area contributed by atoms with Crippen LogP contribution in [-0.4, -0.2) is 10.5 Å². The van der Waals surface area contributed by atoms with E-state index in [-0.39, 0.29) is 28.9 Å². The van der Waals surface area contributed by atoms with Gasteiger partial charge in [-0.1, -0.05) is 30.3 Å². The maximum absolute atomic E-state index is 14.0. The summed E-state index contributed by atoms with van der Waals surface area (Å²) in [5, 5.41) is 2.19. The van der Waals surface area contributed by atoms with Crippen LogP contribution in [0.2, 0.25) is 0 Å². The van der Waals surface area contributed by atoms with Gasteiger partial charge in [-0.15, -0.1) is 0 Å². The molecule has 2 N–H and O–H groups in total. The minimum Gasteiger partial charge on any atom is -0.482 e. The molecule has 2 heterocycles. The van der Waals surface area contributed by atoms with E-state index in [4.69, 9.17) is 14.9 Å². The molecule has 6 nitrogen and oxygen atoms in total. The SMILES string of the molecule is NC(=O)c1ccc(COc2coc(Cn3cc4ccccc4c3)cc2=O)c(F)c1. The van der Waals surface area contributed by atoms with Crippen LogP contribution in [0.15, 0.2) is 76.4 Å². The number of halogens is 1. The molecule has 2 aromatic heterocycles. The fourth-order valence-electron chi connectivity index (χ4n) is 3.01. The lowest BCUT2D eigenvalue weighted by Gasteiger charge is -2.08. The van der Waals surface area contributed by atoms with Crippen molar-refractivity contribution < 1.29 is 18.3 Å². The predicted octanol–water partition coefficient (Wildman–Crippen LogP) is 3.46. The number of aromatic nitrogens is 1. The van der Waals surface area contributed by atoms with Crippen molar-refractivity contribution in [2.75, 3.05) is 0 Å². The van der Waals surface area contributed by atoms with Crippen LogP contribution in [0.4, 0.5) is 4.39 Å². The van der Waals surface area contributed by atoms with Crippen molar-refractivity contribution in [3.8, 4) is 5.75 Å². The maximum Gasteiger partial charge on any atom is 0.248 e. The Labute approximate surface area is 164 Å². The first-order valence-electron chi connectivity index (χ1n) is 8.87. The van der Waals surface area contributed by atoms with Crippen molar-refractivity contribution in [2.24, 2.45) is 5.73 Å². The summed E-state index contributed by atoms with van der Waals surface area (Å²) >= 11 is 0. The van der Waals surface area contributed by atoms with Crippen molar-refractivity contribution in [3.05, 3.63) is 100 Å². The summed E-state index contributed by atoms with van der Waals surface area (Å²) in [5.41, 5.74) is 5.01. The molecular formula is C22H17FN2O4. The number of nitrogens with two attached hydrogens (primary N) is 1. The summed E-state index contributed by atoms with van der Waals surface area (Å²) in [7, 11) is 0. The number of nitrogens with zero attached hydrogens (tertiary/aromatic N) is 1. The first kappa shape index (κ1) is 18.5. The Balaban J connectivity index is 1.46. The van der Waals surface area contributed by atoms with Crippen LogP contribution in [0.3, 0.4) is 0 Å². The number of ether oxygens (including phenoxy) is 1. The molecule has 0 aliphatic heterocycles. The molecule has 0 spiro atoms. The fraction of sp³-hybridized carbons (Fsp3) is 0.0909. The van der Waals surface area contributed by atoms with E-state index >= 15 is 0 Å². The lowest BCUT2D eigenvalue weighted by molar-refractivity contribution is 0.0999. The monoisotopic (exact) mass is 392 g/mol. The number of fused-ring (bicyclic) bond motifs is 1. The Morgan fingerprint density at radius 3 is 2.45 bits per heavy atom. The Bertz CT molecular complexity index is 1230. The van der Waals surface area contributed by atoms with Gasteiger partial charge in [0.15, 0.2) is 0 Å². The van der Waals surface area contributed by atoms with Gasteiger partial charge in [-0.2, -0.15) is 0 Å². The smallest absolute Gasteiger partial charge is 0.248 e. The molecule has 1 amide bonds. The normalized spacial score (nSPS) is 10.9. The highest BCUT2D eigenvalue weighted by molar-refractivity contribution is 5.92. The number of hydrogen-bond acceptors (Lipinski definition) is 4. The number of carbonyl (C=O) groups excluding carboxylic acids is 1. The molecule has 4 rings (SSSR count). The van der Waals surface area contributed by atoms with Gasteiger partial charge >= 0.3 is 0 Å². The molecule has 0 aliphatic carbocycles. The van der Waals surface area contributed by atoms with E-state index in [0.717, 1.165) is 16.8 Å². The van der Waals surface area contributed by atoms with Crippen molar-refractivity contribution in [2.45, 2.75) is 13.2 Å². The summed E-state index contributed by atoms with van der Waals surface area (Å²) in [6.45, 7) is 0.214. The number of primary amides is 1. The maximum atomic E-state index is 14.0. The van der Waals surface area contributed by atoms with Crippen molar-refractivity contribution >= 4 is 16.7 Å². The van der Waals surface area contributed by atoms with E-state index in [2.05, 4.69) is 0 Å². The zero-order valence-electron chi connectivity index (χ0n) is 15.3. The van der Waals surface area contributed by atoms with Crippen LogP contribution in [0.5, 0.6) is 5.75 Å². The largest absolute Gasteiger partial charge is 0.482 e. The molecule has 0 unspecified atom stereocenters. The Kier molecular flexibility index (Phi) is 4.87. The standard InChI is InChI=1S/C22H17FN2O4/c23-19-7-14(22(24)27)5-6-17(19)12-29-21-13-28-18(8-20(21)26)11-25-9-15-3-1-2-4-16(15)10-25/h1-10,13H,11-12H2,(H2,24,27). The first-order chi connectivity index (χ1) is 14.0. The number of benzene rings is 2. The molecule has 29 heavy (non-hydrogen) atoms. The van der Waals surface area contributed by atoms with Gasteiger partial charge in [-0.05, 0) is 22.9 Å². The Morgan fingerprint density at radius 1 is 1.10 bits per heavy atom. The Morgan fingerprint density at radius 2 is 1.83 bits per heavy atom. The fourth-order valence-corrected chi connectivity index (χ4v) is 3.01. The summed E-state index contributed by atoms with van der Waals surface area (Å²) < 4.78 is 26.8. The lowest BCUT2D eigenvalue weighted by atomic mass is 10.1. The van der Waals surface area contributed by atoms with Crippen LogP contribution in [0, 0.1) is 5.82 Å². The van der Waals surface area contributed by atoms with Crippen LogP contribution in [-0.2, 0) is 13.2 Å². The molecule has 0 fully saturated rings. The summed E-state index contributed by atoms with van der Waals surface area (Å²) in [5.74, 6) is -0.908. The Hall–Kier alpha value is -3.87. The summed E-state index contributed by atoms with van der Waals surface area (Å²) in [6.07, 6.45) is 5.16. The first-order valence-corrected chi connectivity index (χ1v) is 8.87. The van der Waals surface area contributed by atoms with Crippen LogP contribution in [0.1, 0.15) is 21.7 Å². The van der Waals surface area contributed by atoms with Gasteiger partial charge < -0.3 is 19.5 Å². The third-order valence-electron chi connectivity index (χ3n) is 4.52. The molecular weight excluding hydrogens is 375 g/mol. The third kappa shape index (κ3) is 4.03. The average molecular weight is 392 g/mol. The van der Waals surface area contributed by atoms with Gasteiger partial charge in [-0.3, -0.25) is 9.59 Å². The molecule has 146 valence electrons. The second-order valence-electron chi connectivity index (χ2n) is 6.59. The van der Waals surface area contributed by atoms with Gasteiger partial charge in [0.25, 0.3) is 0 Å². The molecule has 0 saturated heterocycles. The predicted molar refractivity (Wildman–Crippen MR) is 105 cm³/mol. The number of carbonyl (C=O) groups is 1. The highest BCUT2D eigenvalue weighted by Gasteiger charge is 2.10. The second-order valence-corrected chi connectivity index (χ2v) is 6.59. The van der Waals surface area contributed by atoms with Gasteiger partial charge in [0.1, 0.15) is 24.4 Å². The topological polar surface area (TPSA) is 87.5 Å². The van der Waals surface area contributed by atoms with E-state index in [1.54, 1.807) is 0 Å². The van der Waals surface area contributed by atoms with Crippen molar-refractivity contribution in [1.29, 1.82) is 0 Å². The summed E-state index contributed by atoms with van der Waals surface area (Å²) in [4.78, 5) is 23.4. The van der Waals surface area contributed by atoms with Gasteiger partial charge in [-0.25, -0.2) is 4.39 Å². The molecule has 0 saturated carbocycles. The molecule has 0 bridgehead atoms. The highest BCUT2D eigenvalue weighted by atomic mass is 19.1. The van der Waals surface area contributed by atoms with Gasteiger partial charge in [0.2, 0.25) is 17.1 Å². The van der Waals surface area contributed by atoms with Crippen molar-refractivity contribution in [1.82, 2.24) is 4.57 Å². The quantitative estimate of drug-likeness (QED) is 0.544. The second kappa shape index (κ2) is 7.63. The van der Waals surface area contributed by atoms with Crippen LogP contribution < -0.4 is 15.9 Å². The zero-order valence-corrected chi connectivity index (χ0v) is 15.3. The van der Waals surface area contributed by atoms with E-state index in [0.29, 0.717) is 12.3 Å². The van der Waals surface area contributed by atoms with E-state index in [1.165, 1.54) is 24.5 Å². The number of rotatable bonds is 6. The summed E-state index contributed by atoms with van der Waals surface area (Å²) in [6, 6.07) is 13.1. The van der Waals surface area contributed by atoms with E-state index in [9.17, 15) is 14.0 Å². The molecule has 0 aliphatic rings. The lowest BCUT2D eigenvalue weighted by Crippen LogP contribution is -2.12. The highest BCUT2D eigenvalue weighted by Crippen LogP contribution is 2.17. The molecule has 2 aromatic carbocycles.